The van der Waals surface area contributed by atoms with Crippen LogP contribution >= 0.6 is 0 Å². The maximum absolute atomic E-state index is 14.5. The van der Waals surface area contributed by atoms with Crippen LogP contribution in [0, 0.1) is 18.8 Å². The van der Waals surface area contributed by atoms with E-state index in [1.165, 1.54) is 0 Å². The molecule has 0 unspecified atom stereocenters. The van der Waals surface area contributed by atoms with Gasteiger partial charge in [-0.3, -0.25) is 19.3 Å². The van der Waals surface area contributed by atoms with Gasteiger partial charge in [-0.15, -0.1) is 10.2 Å². The number of aromatic amines is 1. The summed E-state index contributed by atoms with van der Waals surface area (Å²) in [5.41, 5.74) is 16.4. The number of primary amides is 1. The molecule has 2 aliphatic rings. The van der Waals surface area contributed by atoms with Crippen LogP contribution in [-0.4, -0.2) is 79.7 Å². The molecule has 7 N–H and O–H groups in total. The highest BCUT2D eigenvalue weighted by Crippen LogP contribution is 2.34. The van der Waals surface area contributed by atoms with Gasteiger partial charge in [-0.2, -0.15) is 5.21 Å². The Labute approximate surface area is 333 Å². The number of anilines is 1. The number of tetrazole rings is 1. The third-order valence-corrected chi connectivity index (χ3v) is 10.9. The highest BCUT2D eigenvalue weighted by atomic mass is 16.6. The van der Waals surface area contributed by atoms with Gasteiger partial charge >= 0.3 is 6.09 Å². The zero-order valence-electron chi connectivity index (χ0n) is 33.2. The van der Waals surface area contributed by atoms with Gasteiger partial charge in [0.1, 0.15) is 17.3 Å². The Morgan fingerprint density at radius 2 is 1.56 bits per heavy atom. The predicted octanol–water partition coefficient (Wildman–Crippen LogP) is 5.00. The Balaban J connectivity index is 1.16. The van der Waals surface area contributed by atoms with Crippen molar-refractivity contribution >= 4 is 29.5 Å². The van der Waals surface area contributed by atoms with Crippen LogP contribution in [0.25, 0.3) is 22.5 Å². The Hall–Kier alpha value is -5.70. The number of hydrogen-bond donors (Lipinski definition) is 5. The molecule has 2 heterocycles. The quantitative estimate of drug-likeness (QED) is 0.129. The van der Waals surface area contributed by atoms with E-state index in [-0.39, 0.29) is 42.2 Å². The first-order valence-corrected chi connectivity index (χ1v) is 19.8. The van der Waals surface area contributed by atoms with Crippen LogP contribution < -0.4 is 27.0 Å². The average molecular weight is 779 g/mol. The smallest absolute Gasteiger partial charge is 0.407 e. The lowest BCUT2D eigenvalue weighted by Gasteiger charge is -2.36. The summed E-state index contributed by atoms with van der Waals surface area (Å²) in [5, 5.41) is 20.1. The monoisotopic (exact) mass is 778 g/mol. The number of aryl methyl sites for hydroxylation is 1. The summed E-state index contributed by atoms with van der Waals surface area (Å²) in [7, 11) is 0. The van der Waals surface area contributed by atoms with E-state index < -0.39 is 23.6 Å². The van der Waals surface area contributed by atoms with Crippen molar-refractivity contribution in [2.24, 2.45) is 23.3 Å². The van der Waals surface area contributed by atoms with Crippen molar-refractivity contribution in [3.8, 4) is 22.5 Å². The molecule has 0 spiro atoms. The fourth-order valence-electron chi connectivity index (χ4n) is 7.75. The van der Waals surface area contributed by atoms with E-state index in [1.807, 2.05) is 58.0 Å². The van der Waals surface area contributed by atoms with Crippen LogP contribution in [0.5, 0.6) is 0 Å². The van der Waals surface area contributed by atoms with Crippen molar-refractivity contribution in [3.63, 3.8) is 0 Å². The van der Waals surface area contributed by atoms with Crippen LogP contribution in [0.1, 0.15) is 93.9 Å². The number of nitrogens with zero attached hydrogens (tertiary/aromatic N) is 5. The second-order valence-electron chi connectivity index (χ2n) is 16.3. The molecule has 1 atom stereocenters. The molecule has 2 saturated carbocycles. The average Bonchev–Trinajstić information content (AvgIpc) is 3.73. The maximum atomic E-state index is 14.5. The number of benzene rings is 2. The minimum absolute atomic E-state index is 0.105. The first-order chi connectivity index (χ1) is 27.2. The molecule has 4 amide bonds. The van der Waals surface area contributed by atoms with E-state index in [0.717, 1.165) is 55.2 Å². The zero-order chi connectivity index (χ0) is 40.7. The number of nitrogens with one attached hydrogen (secondary N) is 3. The minimum Gasteiger partial charge on any atom is -0.444 e. The first-order valence-electron chi connectivity index (χ1n) is 19.8. The number of hydrogen-bond acceptors (Lipinski definition) is 10. The van der Waals surface area contributed by atoms with Gasteiger partial charge in [0.25, 0.3) is 5.91 Å². The lowest BCUT2D eigenvalue weighted by molar-refractivity contribution is -0.127. The molecule has 6 rings (SSSR count). The molecule has 2 aromatic heterocycles. The lowest BCUT2D eigenvalue weighted by Crippen LogP contribution is -2.52. The Kier molecular flexibility index (Phi) is 13.0. The summed E-state index contributed by atoms with van der Waals surface area (Å²) < 4.78 is 5.38. The van der Waals surface area contributed by atoms with Crippen LogP contribution in [0.2, 0.25) is 0 Å². The number of amides is 4. The summed E-state index contributed by atoms with van der Waals surface area (Å²) in [6.45, 7) is 7.79. The van der Waals surface area contributed by atoms with E-state index in [0.29, 0.717) is 47.8 Å². The molecule has 2 aromatic carbocycles. The number of aromatic nitrogens is 5. The van der Waals surface area contributed by atoms with Crippen LogP contribution in [0.15, 0.2) is 60.7 Å². The third-order valence-electron chi connectivity index (χ3n) is 10.9. The maximum Gasteiger partial charge on any atom is 0.407 e. The van der Waals surface area contributed by atoms with Crippen molar-refractivity contribution in [1.29, 1.82) is 0 Å². The van der Waals surface area contributed by atoms with Gasteiger partial charge < -0.3 is 26.8 Å². The van der Waals surface area contributed by atoms with E-state index >= 15 is 0 Å². The van der Waals surface area contributed by atoms with Crippen LogP contribution in [0.4, 0.5) is 10.5 Å². The fourth-order valence-corrected chi connectivity index (χ4v) is 7.75. The highest BCUT2D eigenvalue weighted by Gasteiger charge is 2.36. The van der Waals surface area contributed by atoms with E-state index in [4.69, 9.17) is 16.2 Å². The van der Waals surface area contributed by atoms with Gasteiger partial charge in [-0.05, 0) is 132 Å². The van der Waals surface area contributed by atoms with Gasteiger partial charge in [0.15, 0.2) is 0 Å². The Morgan fingerprint density at radius 1 is 0.895 bits per heavy atom. The molecule has 4 aromatic rings. The summed E-state index contributed by atoms with van der Waals surface area (Å²) in [6.07, 6.45) is 5.91. The van der Waals surface area contributed by atoms with Gasteiger partial charge in [0, 0.05) is 53.5 Å². The SMILES string of the molecule is Cc1nc(C(=O)NC2CCC(N)CC2)ccc1-c1ccc(C[C@@H](C(N)=O)N(C(=O)C2CCC(CNC(=O)OC(C)(C)C)CC2)c2ccc(-c3nn[nH]n3)cc2)cc1. The number of carbonyl (C=O) groups is 4. The third kappa shape index (κ3) is 10.8. The predicted molar refractivity (Wildman–Crippen MR) is 216 cm³/mol. The Morgan fingerprint density at radius 3 is 2.16 bits per heavy atom. The van der Waals surface area contributed by atoms with Crippen LogP contribution in [0.3, 0.4) is 0 Å². The van der Waals surface area contributed by atoms with Crippen molar-refractivity contribution in [1.82, 2.24) is 36.2 Å². The van der Waals surface area contributed by atoms with Crippen molar-refractivity contribution < 1.29 is 23.9 Å². The standard InChI is InChI=1S/C42H54N10O5/c1-25-34(21-22-35(46-25)39(54)47-32-17-15-31(43)16-18-32)28-9-5-26(6-10-28)23-36(37(44)53)52(33-19-13-29(14-20-33)38-48-50-51-49-38)40(55)30-11-7-27(8-12-30)24-45-41(56)57-42(2,3)4/h5-6,9-10,13-14,19-22,27,30-32,36H,7-8,11-12,15-18,23-24,43H2,1-4H3,(H2,44,53)(H,45,56)(H,47,54)(H,48,49,50,51)/t27?,30?,31?,32?,36-/m0/s1. The van der Waals surface area contributed by atoms with Gasteiger partial charge in [-0.25, -0.2) is 9.78 Å². The first kappa shape index (κ1) is 40.9. The topological polar surface area (TPSA) is 224 Å². The minimum atomic E-state index is -0.980. The molecule has 2 fully saturated rings. The number of nitrogens with two attached hydrogens (primary N) is 2. The molecule has 0 saturated heterocycles. The second-order valence-corrected chi connectivity index (χ2v) is 16.3. The molecular weight excluding hydrogens is 725 g/mol. The molecule has 302 valence electrons. The fraction of sp³-hybridized carbons (Fsp3) is 0.476. The van der Waals surface area contributed by atoms with Gasteiger partial charge in [-0.1, -0.05) is 30.3 Å². The number of alkyl carbamates (subject to hydrolysis) is 1. The largest absolute Gasteiger partial charge is 0.444 e. The van der Waals surface area contributed by atoms with Crippen molar-refractivity contribution in [2.45, 2.75) is 109 Å². The molecule has 2 aliphatic carbocycles. The molecule has 0 aliphatic heterocycles. The number of carbonyl (C=O) groups excluding carboxylic acids is 4. The summed E-state index contributed by atoms with van der Waals surface area (Å²) >= 11 is 0. The number of ether oxygens (including phenoxy) is 1. The Bertz CT molecular complexity index is 2000. The molecule has 57 heavy (non-hydrogen) atoms. The van der Waals surface area contributed by atoms with E-state index in [2.05, 4.69) is 36.2 Å². The van der Waals surface area contributed by atoms with Crippen LogP contribution in [-0.2, 0) is 20.7 Å². The van der Waals surface area contributed by atoms with Gasteiger partial charge in [0.05, 0.1) is 0 Å². The normalized spacial score (nSPS) is 20.2. The number of H-pyrrole nitrogens is 1. The van der Waals surface area contributed by atoms with E-state index in [1.54, 1.807) is 35.2 Å². The van der Waals surface area contributed by atoms with Gasteiger partial charge in [0.2, 0.25) is 17.6 Å². The summed E-state index contributed by atoms with van der Waals surface area (Å²) in [4.78, 5) is 59.2. The zero-order valence-corrected chi connectivity index (χ0v) is 33.2. The molecule has 0 radical (unpaired) electrons. The lowest BCUT2D eigenvalue weighted by atomic mass is 9.81. The molecule has 15 heteroatoms. The van der Waals surface area contributed by atoms with E-state index in [9.17, 15) is 19.2 Å². The molecular formula is C42H54N10O5. The molecule has 15 nitrogen and oxygen atoms in total. The highest BCUT2D eigenvalue weighted by molar-refractivity contribution is 6.02. The second kappa shape index (κ2) is 18.0. The van der Waals surface area contributed by atoms with Crippen molar-refractivity contribution in [3.05, 3.63) is 77.6 Å². The number of pyridine rings is 1. The molecule has 0 bridgehead atoms. The summed E-state index contributed by atoms with van der Waals surface area (Å²) in [5.74, 6) is -0.745. The van der Waals surface area contributed by atoms with Crippen molar-refractivity contribution in [2.75, 3.05) is 11.4 Å². The summed E-state index contributed by atoms with van der Waals surface area (Å²) in [6, 6.07) is 17.8. The number of rotatable bonds is 12.